The van der Waals surface area contributed by atoms with Crippen LogP contribution in [-0.4, -0.2) is 65.2 Å². The highest BCUT2D eigenvalue weighted by molar-refractivity contribution is 6.05. The van der Waals surface area contributed by atoms with E-state index in [1.54, 1.807) is 18.2 Å². The molecular weight excluding hydrogens is 412 g/mol. The third kappa shape index (κ3) is 4.31. The fraction of sp³-hybridized carbons (Fsp3) is 0.550. The molecule has 1 aromatic rings. The van der Waals surface area contributed by atoms with Crippen molar-refractivity contribution in [1.82, 2.24) is 26.2 Å². The molecule has 1 aromatic carbocycles. The molecule has 3 amide bonds. The molecule has 3 unspecified atom stereocenters. The summed E-state index contributed by atoms with van der Waals surface area (Å²) in [7, 11) is 0. The fourth-order valence-electron chi connectivity index (χ4n) is 4.24. The zero-order valence-corrected chi connectivity index (χ0v) is 16.8. The van der Waals surface area contributed by atoms with Gasteiger partial charge in [-0.05, 0) is 36.6 Å². The maximum Gasteiger partial charge on any atom is 0.301 e. The van der Waals surface area contributed by atoms with Gasteiger partial charge < -0.3 is 15.3 Å². The molecule has 0 spiro atoms. The number of carbonyl (C=O) groups excluding carboxylic acids is 3. The van der Waals surface area contributed by atoms with Gasteiger partial charge in [0.1, 0.15) is 6.04 Å². The smallest absolute Gasteiger partial charge is 0.301 e. The number of carbonyl (C=O) groups is 3. The second kappa shape index (κ2) is 8.58. The third-order valence-corrected chi connectivity index (χ3v) is 6.00. The Bertz CT molecular complexity index is 890. The summed E-state index contributed by atoms with van der Waals surface area (Å²) in [6, 6.07) is 3.10. The first-order valence-electron chi connectivity index (χ1n) is 10.3. The number of halogens is 2. The molecule has 9 nitrogen and oxygen atoms in total. The maximum atomic E-state index is 14.5. The van der Waals surface area contributed by atoms with Crippen molar-refractivity contribution in [3.63, 3.8) is 0 Å². The van der Waals surface area contributed by atoms with Crippen molar-refractivity contribution in [3.05, 3.63) is 34.9 Å². The number of amides is 3. The van der Waals surface area contributed by atoms with Gasteiger partial charge in [0.15, 0.2) is 6.23 Å². The van der Waals surface area contributed by atoms with E-state index in [0.717, 1.165) is 0 Å². The van der Waals surface area contributed by atoms with Crippen LogP contribution in [0.25, 0.3) is 0 Å². The fourth-order valence-corrected chi connectivity index (χ4v) is 4.24. The molecule has 2 saturated heterocycles. The largest absolute Gasteiger partial charge is 0.372 e. The highest BCUT2D eigenvalue weighted by Gasteiger charge is 2.46. The quantitative estimate of drug-likeness (QED) is 0.298. The van der Waals surface area contributed by atoms with Crippen LogP contribution >= 0.6 is 0 Å². The molecule has 0 saturated carbocycles. The van der Waals surface area contributed by atoms with Gasteiger partial charge in [0.25, 0.3) is 5.91 Å². The van der Waals surface area contributed by atoms with Gasteiger partial charge in [-0.2, -0.15) is 0 Å². The van der Waals surface area contributed by atoms with Gasteiger partial charge >= 0.3 is 5.92 Å². The number of rotatable bonds is 6. The number of hydrogen-bond donors (Lipinski definition) is 5. The normalized spacial score (nSPS) is 25.4. The van der Waals surface area contributed by atoms with Crippen LogP contribution in [0.5, 0.6) is 0 Å². The van der Waals surface area contributed by atoms with Gasteiger partial charge in [-0.3, -0.25) is 30.3 Å². The Labute approximate surface area is 177 Å². The first-order valence-corrected chi connectivity index (χ1v) is 10.3. The minimum atomic E-state index is -3.35. The van der Waals surface area contributed by atoms with Gasteiger partial charge in [0.05, 0.1) is 6.04 Å². The van der Waals surface area contributed by atoms with E-state index in [-0.39, 0.29) is 50.8 Å². The number of aliphatic hydroxyl groups is 1. The highest BCUT2D eigenvalue weighted by Crippen LogP contribution is 2.29. The Morgan fingerprint density at radius 1 is 1.26 bits per heavy atom. The first-order chi connectivity index (χ1) is 14.8. The molecule has 31 heavy (non-hydrogen) atoms. The zero-order valence-electron chi connectivity index (χ0n) is 16.8. The summed E-state index contributed by atoms with van der Waals surface area (Å²) in [5.41, 5.74) is 1.75. The average Bonchev–Trinajstić information content (AvgIpc) is 3.08. The molecule has 11 heteroatoms. The molecule has 4 rings (SSSR count). The number of piperidine rings is 1. The van der Waals surface area contributed by atoms with E-state index in [9.17, 15) is 28.3 Å². The number of benzene rings is 1. The second-order valence-electron chi connectivity index (χ2n) is 8.07. The highest BCUT2D eigenvalue weighted by atomic mass is 19.3. The summed E-state index contributed by atoms with van der Waals surface area (Å²) in [6.45, 7) is 0.894. The Morgan fingerprint density at radius 2 is 2.06 bits per heavy atom. The Kier molecular flexibility index (Phi) is 6.02. The predicted molar refractivity (Wildman–Crippen MR) is 105 cm³/mol. The van der Waals surface area contributed by atoms with Crippen LogP contribution in [-0.2, 0) is 22.7 Å². The molecule has 0 aliphatic carbocycles. The van der Waals surface area contributed by atoms with E-state index < -0.39 is 30.1 Å². The molecule has 5 N–H and O–H groups in total. The zero-order chi connectivity index (χ0) is 22.2. The third-order valence-electron chi connectivity index (χ3n) is 6.00. The maximum absolute atomic E-state index is 14.5. The second-order valence-corrected chi connectivity index (χ2v) is 8.07. The number of nitrogens with zero attached hydrogens (tertiary/aromatic N) is 1. The van der Waals surface area contributed by atoms with E-state index in [2.05, 4.69) is 21.3 Å². The number of nitrogens with one attached hydrogen (secondary N) is 4. The number of alkyl halides is 2. The van der Waals surface area contributed by atoms with E-state index >= 15 is 0 Å². The summed E-state index contributed by atoms with van der Waals surface area (Å²) in [5.74, 6) is -4.49. The van der Waals surface area contributed by atoms with Crippen molar-refractivity contribution in [1.29, 1.82) is 0 Å². The molecule has 168 valence electrons. The Balaban J connectivity index is 1.39. The lowest BCUT2D eigenvalue weighted by molar-refractivity contribution is -0.148. The molecule has 3 aliphatic rings. The number of fused-ring (bicyclic) bond motifs is 1. The minimum Gasteiger partial charge on any atom is -0.372 e. The number of aliphatic hydroxyl groups excluding tert-OH is 1. The number of imide groups is 1. The van der Waals surface area contributed by atoms with Crippen LogP contribution in [0.2, 0.25) is 0 Å². The molecule has 0 aromatic heterocycles. The van der Waals surface area contributed by atoms with Gasteiger partial charge in [0, 0.05) is 31.7 Å². The molecule has 2 fully saturated rings. The van der Waals surface area contributed by atoms with Crippen LogP contribution in [0.15, 0.2) is 18.2 Å². The minimum absolute atomic E-state index is 0.0123. The van der Waals surface area contributed by atoms with Gasteiger partial charge in [-0.1, -0.05) is 12.1 Å². The summed E-state index contributed by atoms with van der Waals surface area (Å²) >= 11 is 0. The van der Waals surface area contributed by atoms with Gasteiger partial charge in [-0.25, -0.2) is 8.78 Å². The lowest BCUT2D eigenvalue weighted by Crippen LogP contribution is -2.60. The molecule has 3 atom stereocenters. The van der Waals surface area contributed by atoms with Crippen LogP contribution in [0.1, 0.15) is 40.7 Å². The Morgan fingerprint density at radius 3 is 2.77 bits per heavy atom. The van der Waals surface area contributed by atoms with Crippen molar-refractivity contribution in [3.8, 4) is 0 Å². The van der Waals surface area contributed by atoms with E-state index in [4.69, 9.17) is 0 Å². The standard InChI is InChI=1S/C20H25F2N5O4/c21-20(22,15-5-6-23-10-25-15)19(31)24-8-11-1-2-13-12(7-11)9-27(18(13)30)14-3-4-16(28)26-17(14)29/h1-2,7,14-15,19,23-25,31H,3-6,8-10H2,(H,26,28,29). The first kappa shape index (κ1) is 21.8. The average molecular weight is 437 g/mol. The monoisotopic (exact) mass is 437 g/mol. The van der Waals surface area contributed by atoms with Crippen molar-refractivity contribution < 1.29 is 28.3 Å². The molecule has 3 aliphatic heterocycles. The summed E-state index contributed by atoms with van der Waals surface area (Å²) in [4.78, 5) is 37.6. The summed E-state index contributed by atoms with van der Waals surface area (Å²) < 4.78 is 29.0. The molecule has 0 bridgehead atoms. The molecular formula is C20H25F2N5O4. The van der Waals surface area contributed by atoms with E-state index in [0.29, 0.717) is 23.2 Å². The Hall–Kier alpha value is -2.47. The van der Waals surface area contributed by atoms with E-state index in [1.807, 2.05) is 0 Å². The topological polar surface area (TPSA) is 123 Å². The lowest BCUT2D eigenvalue weighted by Gasteiger charge is -2.34. The van der Waals surface area contributed by atoms with Crippen molar-refractivity contribution in [2.24, 2.45) is 0 Å². The van der Waals surface area contributed by atoms with Crippen molar-refractivity contribution >= 4 is 17.7 Å². The van der Waals surface area contributed by atoms with E-state index in [1.165, 1.54) is 4.90 Å². The van der Waals surface area contributed by atoms with Gasteiger partial charge in [0.2, 0.25) is 11.8 Å². The summed E-state index contributed by atoms with van der Waals surface area (Å²) in [5, 5.41) is 20.3. The summed E-state index contributed by atoms with van der Waals surface area (Å²) in [6.07, 6.45) is -1.39. The van der Waals surface area contributed by atoms with Crippen LogP contribution < -0.4 is 21.3 Å². The van der Waals surface area contributed by atoms with Crippen LogP contribution in [0.3, 0.4) is 0 Å². The number of hydrogen-bond acceptors (Lipinski definition) is 7. The predicted octanol–water partition coefficient (Wildman–Crippen LogP) is -0.600. The van der Waals surface area contributed by atoms with Crippen LogP contribution in [0, 0.1) is 0 Å². The van der Waals surface area contributed by atoms with Gasteiger partial charge in [-0.15, -0.1) is 0 Å². The molecule has 0 radical (unpaired) electrons. The lowest BCUT2D eigenvalue weighted by atomic mass is 10.0. The molecule has 3 heterocycles. The SMILES string of the molecule is O=C1CCC(N2Cc3cc(CNC(O)C(F)(F)C4CCNCN4)ccc3C2=O)C(=O)N1. The van der Waals surface area contributed by atoms with Crippen molar-refractivity contribution in [2.45, 2.75) is 56.6 Å². The van der Waals surface area contributed by atoms with Crippen LogP contribution in [0.4, 0.5) is 8.78 Å². The van der Waals surface area contributed by atoms with Crippen molar-refractivity contribution in [2.75, 3.05) is 13.2 Å².